The van der Waals surface area contributed by atoms with E-state index < -0.39 is 27.8 Å². The number of methoxy groups -OCH3 is 1. The minimum absolute atomic E-state index is 0.140. The Hall–Kier alpha value is -4.46. The Morgan fingerprint density at radius 2 is 1.66 bits per heavy atom. The highest BCUT2D eigenvalue weighted by Crippen LogP contribution is 2.32. The largest absolute Gasteiger partial charge is 0.488 e. The molecule has 1 amide bonds. The van der Waals surface area contributed by atoms with E-state index in [4.69, 9.17) is 18.9 Å². The zero-order valence-electron chi connectivity index (χ0n) is 22.2. The van der Waals surface area contributed by atoms with Gasteiger partial charge in [-0.15, -0.1) is 0 Å². The van der Waals surface area contributed by atoms with E-state index in [0.717, 1.165) is 17.6 Å². The first-order valence-corrected chi connectivity index (χ1v) is 14.8. The molecule has 0 spiro atoms. The molecule has 0 saturated heterocycles. The fourth-order valence-electron chi connectivity index (χ4n) is 3.44. The standard InChI is InChI=1S/C28H26N2O9S2/c1-17(16-31)37-22-12-19(13-23(14-22)38-20-7-9-24(10-8-20)41(3,34)35)26(32)30-28-29-15-25(40-28)39-21-6-4-5-18(11-21)27(33)36-2/h4-15,17,31H,16H2,1-3H3,(H,29,30,32)/t17-/m0/s1. The summed E-state index contributed by atoms with van der Waals surface area (Å²) < 4.78 is 45.5. The Kier molecular flexibility index (Phi) is 9.22. The van der Waals surface area contributed by atoms with Gasteiger partial charge in [-0.3, -0.25) is 10.1 Å². The second-order valence-electron chi connectivity index (χ2n) is 8.71. The van der Waals surface area contributed by atoms with E-state index in [0.29, 0.717) is 22.1 Å². The van der Waals surface area contributed by atoms with Crippen LogP contribution in [0.5, 0.6) is 28.1 Å². The highest BCUT2D eigenvalue weighted by atomic mass is 32.2. The molecule has 0 radical (unpaired) electrons. The summed E-state index contributed by atoms with van der Waals surface area (Å²) in [7, 11) is -2.08. The molecular formula is C28H26N2O9S2. The van der Waals surface area contributed by atoms with Gasteiger partial charge in [0.2, 0.25) is 5.06 Å². The van der Waals surface area contributed by atoms with E-state index in [-0.39, 0.29) is 33.7 Å². The van der Waals surface area contributed by atoms with Gasteiger partial charge in [0.15, 0.2) is 15.0 Å². The number of thiazole rings is 1. The van der Waals surface area contributed by atoms with Crippen molar-refractivity contribution in [2.45, 2.75) is 17.9 Å². The number of carbonyl (C=O) groups excluding carboxylic acids is 2. The van der Waals surface area contributed by atoms with Crippen molar-refractivity contribution in [2.75, 3.05) is 25.3 Å². The molecule has 3 aromatic carbocycles. The monoisotopic (exact) mass is 598 g/mol. The molecule has 0 aliphatic carbocycles. The van der Waals surface area contributed by atoms with Gasteiger partial charge in [0, 0.05) is 17.9 Å². The number of nitrogens with zero attached hydrogens (tertiary/aromatic N) is 1. The summed E-state index contributed by atoms with van der Waals surface area (Å²) in [5, 5.41) is 12.7. The number of rotatable bonds is 11. The van der Waals surface area contributed by atoms with Crippen LogP contribution in [0.3, 0.4) is 0 Å². The van der Waals surface area contributed by atoms with Crippen LogP contribution in [0.15, 0.2) is 77.8 Å². The van der Waals surface area contributed by atoms with Gasteiger partial charge in [0.25, 0.3) is 5.91 Å². The summed E-state index contributed by atoms with van der Waals surface area (Å²) in [6.07, 6.45) is 1.99. The summed E-state index contributed by atoms with van der Waals surface area (Å²) in [4.78, 5) is 29.2. The smallest absolute Gasteiger partial charge is 0.337 e. The molecule has 0 aliphatic heterocycles. The highest BCUT2D eigenvalue weighted by molar-refractivity contribution is 7.90. The quantitative estimate of drug-likeness (QED) is 0.228. The van der Waals surface area contributed by atoms with Crippen LogP contribution in [0.2, 0.25) is 0 Å². The van der Waals surface area contributed by atoms with Crippen molar-refractivity contribution in [1.82, 2.24) is 4.98 Å². The number of aromatic nitrogens is 1. The van der Waals surface area contributed by atoms with Crippen LogP contribution < -0.4 is 19.5 Å². The molecular weight excluding hydrogens is 572 g/mol. The van der Waals surface area contributed by atoms with E-state index in [9.17, 15) is 23.1 Å². The van der Waals surface area contributed by atoms with Gasteiger partial charge >= 0.3 is 5.97 Å². The number of hydrogen-bond donors (Lipinski definition) is 2. The first kappa shape index (κ1) is 29.5. The maximum Gasteiger partial charge on any atom is 0.337 e. The average molecular weight is 599 g/mol. The highest BCUT2D eigenvalue weighted by Gasteiger charge is 2.16. The molecule has 0 saturated carbocycles. The predicted molar refractivity (Wildman–Crippen MR) is 151 cm³/mol. The van der Waals surface area contributed by atoms with Crippen molar-refractivity contribution < 1.29 is 42.1 Å². The van der Waals surface area contributed by atoms with Gasteiger partial charge in [-0.25, -0.2) is 18.2 Å². The Morgan fingerprint density at radius 1 is 0.951 bits per heavy atom. The van der Waals surface area contributed by atoms with Crippen LogP contribution in [0.1, 0.15) is 27.6 Å². The number of aliphatic hydroxyl groups is 1. The second kappa shape index (κ2) is 12.8. The molecule has 11 nitrogen and oxygen atoms in total. The third kappa shape index (κ3) is 8.03. The summed E-state index contributed by atoms with van der Waals surface area (Å²) in [6.45, 7) is 1.42. The number of ether oxygens (including phenoxy) is 4. The number of benzene rings is 3. The lowest BCUT2D eigenvalue weighted by molar-refractivity contribution is 0.0600. The van der Waals surface area contributed by atoms with Crippen LogP contribution in [-0.2, 0) is 14.6 Å². The lowest BCUT2D eigenvalue weighted by Crippen LogP contribution is -2.17. The van der Waals surface area contributed by atoms with E-state index in [1.807, 2.05) is 0 Å². The lowest BCUT2D eigenvalue weighted by atomic mass is 10.2. The number of anilines is 1. The minimum Gasteiger partial charge on any atom is -0.488 e. The summed E-state index contributed by atoms with van der Waals surface area (Å²) in [5.74, 6) is 0.242. The molecule has 1 atom stereocenters. The average Bonchev–Trinajstić information content (AvgIpc) is 3.38. The molecule has 214 valence electrons. The molecule has 13 heteroatoms. The van der Waals surface area contributed by atoms with Crippen LogP contribution >= 0.6 is 11.3 Å². The Balaban J connectivity index is 1.51. The van der Waals surface area contributed by atoms with E-state index in [2.05, 4.69) is 10.3 Å². The number of esters is 1. The van der Waals surface area contributed by atoms with Gasteiger partial charge in [-0.1, -0.05) is 17.4 Å². The van der Waals surface area contributed by atoms with Crippen LogP contribution in [0.4, 0.5) is 5.13 Å². The van der Waals surface area contributed by atoms with E-state index >= 15 is 0 Å². The van der Waals surface area contributed by atoms with Crippen molar-refractivity contribution in [3.63, 3.8) is 0 Å². The molecule has 0 bridgehead atoms. The molecule has 0 fully saturated rings. The van der Waals surface area contributed by atoms with Crippen molar-refractivity contribution in [2.24, 2.45) is 0 Å². The molecule has 0 unspecified atom stereocenters. The number of sulfone groups is 1. The summed E-state index contributed by atoms with van der Waals surface area (Å²) >= 11 is 1.07. The van der Waals surface area contributed by atoms with E-state index in [1.54, 1.807) is 31.2 Å². The summed E-state index contributed by atoms with van der Waals surface area (Å²) in [6, 6.07) is 16.8. The Labute approximate surface area is 240 Å². The zero-order valence-corrected chi connectivity index (χ0v) is 23.8. The normalized spacial score (nSPS) is 11.8. The van der Waals surface area contributed by atoms with Gasteiger partial charge in [-0.05, 0) is 61.5 Å². The third-order valence-corrected chi connectivity index (χ3v) is 7.32. The maximum atomic E-state index is 13.1. The molecule has 1 heterocycles. The minimum atomic E-state index is -3.37. The summed E-state index contributed by atoms with van der Waals surface area (Å²) in [5.41, 5.74) is 0.504. The SMILES string of the molecule is COC(=O)c1cccc(Oc2cnc(NC(=O)c3cc(Oc4ccc(S(C)(=O)=O)cc4)cc(O[C@@H](C)CO)c3)s2)c1. The van der Waals surface area contributed by atoms with Crippen molar-refractivity contribution in [1.29, 1.82) is 0 Å². The number of nitrogens with one attached hydrogen (secondary N) is 1. The topological polar surface area (TPSA) is 150 Å². The maximum absolute atomic E-state index is 13.1. The van der Waals surface area contributed by atoms with Crippen LogP contribution in [0.25, 0.3) is 0 Å². The van der Waals surface area contributed by atoms with Gasteiger partial charge in [0.05, 0.1) is 30.4 Å². The number of carbonyl (C=O) groups is 2. The van der Waals surface area contributed by atoms with Crippen molar-refractivity contribution in [3.8, 4) is 28.1 Å². The molecule has 41 heavy (non-hydrogen) atoms. The predicted octanol–water partition coefficient (Wildman–Crippen LogP) is 4.93. The van der Waals surface area contributed by atoms with Crippen LogP contribution in [0, 0.1) is 0 Å². The molecule has 1 aromatic heterocycles. The zero-order chi connectivity index (χ0) is 29.6. The first-order chi connectivity index (χ1) is 19.5. The molecule has 0 aliphatic rings. The van der Waals surface area contributed by atoms with Gasteiger partial charge < -0.3 is 24.1 Å². The van der Waals surface area contributed by atoms with Crippen LogP contribution in [-0.4, -0.2) is 56.5 Å². The molecule has 2 N–H and O–H groups in total. The van der Waals surface area contributed by atoms with Gasteiger partial charge in [-0.2, -0.15) is 0 Å². The fraction of sp³-hybridized carbons (Fsp3) is 0.179. The molecule has 4 rings (SSSR count). The lowest BCUT2D eigenvalue weighted by Gasteiger charge is -2.15. The molecule has 4 aromatic rings. The number of aliphatic hydroxyl groups excluding tert-OH is 1. The third-order valence-electron chi connectivity index (χ3n) is 5.40. The number of hydrogen-bond acceptors (Lipinski definition) is 11. The fourth-order valence-corrected chi connectivity index (χ4v) is 4.76. The van der Waals surface area contributed by atoms with Gasteiger partial charge in [0.1, 0.15) is 29.1 Å². The first-order valence-electron chi connectivity index (χ1n) is 12.1. The number of amides is 1. The van der Waals surface area contributed by atoms with E-state index in [1.165, 1.54) is 55.8 Å². The Morgan fingerprint density at radius 3 is 2.34 bits per heavy atom. The Bertz CT molecular complexity index is 1650. The second-order valence-corrected chi connectivity index (χ2v) is 11.7. The van der Waals surface area contributed by atoms with Crippen molar-refractivity contribution >= 4 is 38.2 Å². The van der Waals surface area contributed by atoms with Crippen molar-refractivity contribution in [3.05, 3.63) is 84.1 Å².